The quantitative estimate of drug-likeness (QED) is 0.870. The van der Waals surface area contributed by atoms with Crippen molar-refractivity contribution in [2.75, 3.05) is 6.54 Å². The smallest absolute Gasteiger partial charge is 0.118 e. The van der Waals surface area contributed by atoms with E-state index in [-0.39, 0.29) is 6.04 Å². The first-order chi connectivity index (χ1) is 11.9. The SMILES string of the molecule is C[C@@H]1CC2=C(NC3C=CC=CC23)[C@@H](c2ccccc2)N1CC(C)(C)F. The van der Waals surface area contributed by atoms with E-state index in [9.17, 15) is 4.39 Å². The molecule has 0 saturated heterocycles. The van der Waals surface area contributed by atoms with Gasteiger partial charge in [-0.15, -0.1) is 0 Å². The highest BCUT2D eigenvalue weighted by molar-refractivity contribution is 5.43. The third-order valence-electron chi connectivity index (χ3n) is 5.57. The van der Waals surface area contributed by atoms with Gasteiger partial charge in [0.15, 0.2) is 0 Å². The summed E-state index contributed by atoms with van der Waals surface area (Å²) in [7, 11) is 0. The van der Waals surface area contributed by atoms with Crippen molar-refractivity contribution in [2.45, 2.75) is 51.0 Å². The third-order valence-corrected chi connectivity index (χ3v) is 5.57. The van der Waals surface area contributed by atoms with Gasteiger partial charge in [-0.25, -0.2) is 4.39 Å². The van der Waals surface area contributed by atoms with Crippen molar-refractivity contribution < 1.29 is 4.39 Å². The van der Waals surface area contributed by atoms with E-state index in [2.05, 4.69) is 65.7 Å². The molecule has 4 rings (SSSR count). The van der Waals surface area contributed by atoms with Crippen molar-refractivity contribution >= 4 is 0 Å². The molecule has 0 fully saturated rings. The summed E-state index contributed by atoms with van der Waals surface area (Å²) in [5.74, 6) is 0.439. The Hall–Kier alpha value is -1.87. The van der Waals surface area contributed by atoms with E-state index in [0.717, 1.165) is 6.42 Å². The molecule has 2 unspecified atom stereocenters. The average Bonchev–Trinajstić information content (AvgIpc) is 2.93. The Balaban J connectivity index is 1.78. The van der Waals surface area contributed by atoms with Gasteiger partial charge in [0, 0.05) is 24.2 Å². The molecule has 2 aliphatic heterocycles. The summed E-state index contributed by atoms with van der Waals surface area (Å²) in [5, 5.41) is 3.76. The second kappa shape index (κ2) is 6.14. The largest absolute Gasteiger partial charge is 0.380 e. The van der Waals surface area contributed by atoms with Gasteiger partial charge in [0.05, 0.1) is 12.1 Å². The predicted octanol–water partition coefficient (Wildman–Crippen LogP) is 4.54. The summed E-state index contributed by atoms with van der Waals surface area (Å²) in [6, 6.07) is 11.3. The second-order valence-electron chi connectivity index (χ2n) is 8.16. The molecule has 1 aromatic carbocycles. The zero-order valence-electron chi connectivity index (χ0n) is 15.2. The first kappa shape index (κ1) is 16.6. The number of benzene rings is 1. The van der Waals surface area contributed by atoms with E-state index in [1.165, 1.54) is 16.8 Å². The number of allylic oxidation sites excluding steroid dienone is 2. The number of alkyl halides is 1. The monoisotopic (exact) mass is 338 g/mol. The minimum Gasteiger partial charge on any atom is -0.380 e. The summed E-state index contributed by atoms with van der Waals surface area (Å²) in [6.07, 6.45) is 9.83. The first-order valence-corrected chi connectivity index (χ1v) is 9.28. The van der Waals surface area contributed by atoms with E-state index < -0.39 is 5.67 Å². The highest BCUT2D eigenvalue weighted by Gasteiger charge is 2.44. The fourth-order valence-electron chi connectivity index (χ4n) is 4.56. The average molecular weight is 338 g/mol. The van der Waals surface area contributed by atoms with Gasteiger partial charge in [0.1, 0.15) is 5.67 Å². The lowest BCUT2D eigenvalue weighted by Crippen LogP contribution is -2.48. The Bertz CT molecular complexity index is 726. The molecular weight excluding hydrogens is 311 g/mol. The van der Waals surface area contributed by atoms with Crippen LogP contribution in [0.3, 0.4) is 0 Å². The van der Waals surface area contributed by atoms with Crippen molar-refractivity contribution in [1.82, 2.24) is 10.2 Å². The van der Waals surface area contributed by atoms with Crippen molar-refractivity contribution in [3.8, 4) is 0 Å². The molecule has 1 aliphatic carbocycles. The molecular formula is C22H27FN2. The van der Waals surface area contributed by atoms with Crippen LogP contribution in [0.2, 0.25) is 0 Å². The molecule has 1 N–H and O–H groups in total. The Morgan fingerprint density at radius 3 is 2.60 bits per heavy atom. The maximum absolute atomic E-state index is 14.6. The summed E-state index contributed by atoms with van der Waals surface area (Å²) in [5.41, 5.74) is 2.81. The molecule has 2 heterocycles. The molecule has 1 aromatic rings. The summed E-state index contributed by atoms with van der Waals surface area (Å²) >= 11 is 0. The Morgan fingerprint density at radius 1 is 1.16 bits per heavy atom. The van der Waals surface area contributed by atoms with Gasteiger partial charge < -0.3 is 5.32 Å². The van der Waals surface area contributed by atoms with E-state index >= 15 is 0 Å². The van der Waals surface area contributed by atoms with Gasteiger partial charge in [-0.3, -0.25) is 4.90 Å². The second-order valence-corrected chi connectivity index (χ2v) is 8.16. The van der Waals surface area contributed by atoms with Crippen LogP contribution in [0.5, 0.6) is 0 Å². The van der Waals surface area contributed by atoms with Gasteiger partial charge in [0.25, 0.3) is 0 Å². The summed E-state index contributed by atoms with van der Waals surface area (Å²) in [6.45, 7) is 6.03. The Kier molecular flexibility index (Phi) is 4.07. The number of hydrogen-bond donors (Lipinski definition) is 1. The van der Waals surface area contributed by atoms with Crippen LogP contribution in [0.15, 0.2) is 65.9 Å². The summed E-state index contributed by atoms with van der Waals surface area (Å²) in [4.78, 5) is 2.34. The number of hydrogen-bond acceptors (Lipinski definition) is 2. The van der Waals surface area contributed by atoms with Gasteiger partial charge in [-0.1, -0.05) is 54.6 Å². The van der Waals surface area contributed by atoms with Crippen LogP contribution in [0.4, 0.5) is 4.39 Å². The van der Waals surface area contributed by atoms with Crippen LogP contribution in [-0.4, -0.2) is 29.2 Å². The van der Waals surface area contributed by atoms with Gasteiger partial charge in [0.2, 0.25) is 0 Å². The third kappa shape index (κ3) is 3.06. The van der Waals surface area contributed by atoms with Crippen LogP contribution in [0, 0.1) is 5.92 Å². The molecule has 25 heavy (non-hydrogen) atoms. The molecule has 3 aliphatic rings. The minimum absolute atomic E-state index is 0.0994. The highest BCUT2D eigenvalue weighted by atomic mass is 19.1. The Labute approximate surface area is 150 Å². The van der Waals surface area contributed by atoms with Crippen molar-refractivity contribution in [3.63, 3.8) is 0 Å². The zero-order chi connectivity index (χ0) is 17.6. The lowest BCUT2D eigenvalue weighted by molar-refractivity contribution is 0.0649. The van der Waals surface area contributed by atoms with Crippen LogP contribution in [0.25, 0.3) is 0 Å². The van der Waals surface area contributed by atoms with Crippen LogP contribution >= 0.6 is 0 Å². The topological polar surface area (TPSA) is 15.3 Å². The van der Waals surface area contributed by atoms with E-state index in [1.807, 2.05) is 6.07 Å². The molecule has 0 radical (unpaired) electrons. The molecule has 0 bridgehead atoms. The minimum atomic E-state index is -1.22. The molecule has 0 amide bonds. The van der Waals surface area contributed by atoms with Crippen molar-refractivity contribution in [2.24, 2.45) is 5.92 Å². The van der Waals surface area contributed by atoms with Crippen molar-refractivity contribution in [1.29, 1.82) is 0 Å². The maximum Gasteiger partial charge on any atom is 0.118 e. The van der Waals surface area contributed by atoms with E-state index in [0.29, 0.717) is 24.5 Å². The number of nitrogens with one attached hydrogen (secondary N) is 1. The zero-order valence-corrected chi connectivity index (χ0v) is 15.2. The number of rotatable bonds is 3. The normalized spacial score (nSPS) is 31.7. The van der Waals surface area contributed by atoms with Gasteiger partial charge in [-0.2, -0.15) is 0 Å². The number of fused-ring (bicyclic) bond motifs is 2. The maximum atomic E-state index is 14.6. The van der Waals surface area contributed by atoms with E-state index in [1.54, 1.807) is 13.8 Å². The highest BCUT2D eigenvalue weighted by Crippen LogP contribution is 2.46. The van der Waals surface area contributed by atoms with Crippen LogP contribution in [-0.2, 0) is 0 Å². The van der Waals surface area contributed by atoms with E-state index in [4.69, 9.17) is 0 Å². The fraction of sp³-hybridized carbons (Fsp3) is 0.455. The lowest BCUT2D eigenvalue weighted by Gasteiger charge is -2.44. The van der Waals surface area contributed by atoms with Crippen LogP contribution < -0.4 is 5.32 Å². The molecule has 0 spiro atoms. The number of halogens is 1. The predicted molar refractivity (Wildman–Crippen MR) is 101 cm³/mol. The molecule has 0 saturated carbocycles. The lowest BCUT2D eigenvalue weighted by atomic mass is 9.82. The molecule has 0 aromatic heterocycles. The molecule has 132 valence electrons. The van der Waals surface area contributed by atoms with Crippen LogP contribution in [0.1, 0.15) is 38.8 Å². The van der Waals surface area contributed by atoms with Gasteiger partial charge in [-0.05, 0) is 38.3 Å². The first-order valence-electron chi connectivity index (χ1n) is 9.28. The van der Waals surface area contributed by atoms with Crippen molar-refractivity contribution in [3.05, 3.63) is 71.5 Å². The Morgan fingerprint density at radius 2 is 1.88 bits per heavy atom. The molecule has 2 nitrogen and oxygen atoms in total. The fourth-order valence-corrected chi connectivity index (χ4v) is 4.56. The van der Waals surface area contributed by atoms with Gasteiger partial charge >= 0.3 is 0 Å². The number of nitrogens with zero attached hydrogens (tertiary/aromatic N) is 1. The standard InChI is InChI=1S/C22H27FN2/c1-15-13-18-17-11-7-8-12-19(17)24-20(18)21(16-9-5-4-6-10-16)25(15)14-22(2,3)23/h4-12,15,17,19,21,24H,13-14H2,1-3H3/t15-,17?,19?,21-/m1/s1. The summed E-state index contributed by atoms with van der Waals surface area (Å²) < 4.78 is 14.6. The molecule has 3 heteroatoms. The molecule has 4 atom stereocenters.